The van der Waals surface area contributed by atoms with Gasteiger partial charge in [0.1, 0.15) is 6.54 Å². The molecular formula is C21H29N3O4. The van der Waals surface area contributed by atoms with Crippen LogP contribution in [0.4, 0.5) is 0 Å². The smallest absolute Gasteiger partial charge is 0.242 e. The number of nitrogens with zero attached hydrogens (tertiary/aromatic N) is 2. The molecular weight excluding hydrogens is 358 g/mol. The minimum absolute atomic E-state index is 0.0281. The molecule has 1 N–H and O–H groups in total. The summed E-state index contributed by atoms with van der Waals surface area (Å²) in [5.74, 6) is 0.0801. The molecule has 1 aliphatic carbocycles. The molecule has 3 fully saturated rings. The molecule has 2 saturated heterocycles. The van der Waals surface area contributed by atoms with E-state index in [1.807, 2.05) is 0 Å². The summed E-state index contributed by atoms with van der Waals surface area (Å²) in [5, 5.41) is 3.28. The number of hydrogen-bond acceptors (Lipinski definition) is 4. The first-order valence-corrected chi connectivity index (χ1v) is 10.4. The van der Waals surface area contributed by atoms with Crippen molar-refractivity contribution in [2.45, 2.75) is 51.1 Å². The van der Waals surface area contributed by atoms with Crippen molar-refractivity contribution in [3.63, 3.8) is 0 Å². The van der Waals surface area contributed by atoms with Crippen molar-refractivity contribution in [3.8, 4) is 0 Å². The van der Waals surface area contributed by atoms with Crippen LogP contribution in [0.5, 0.6) is 0 Å². The van der Waals surface area contributed by atoms with Crippen molar-refractivity contribution >= 4 is 11.8 Å². The molecule has 7 heteroatoms. The highest BCUT2D eigenvalue weighted by Gasteiger charge is 2.56. The lowest BCUT2D eigenvalue weighted by molar-refractivity contribution is -0.135. The van der Waals surface area contributed by atoms with E-state index >= 15 is 0 Å². The van der Waals surface area contributed by atoms with Gasteiger partial charge in [-0.1, -0.05) is 25.7 Å². The van der Waals surface area contributed by atoms with Crippen LogP contribution >= 0.6 is 0 Å². The van der Waals surface area contributed by atoms with Gasteiger partial charge in [0.25, 0.3) is 0 Å². The number of carbonyl (C=O) groups excluding carboxylic acids is 2. The number of rotatable bonds is 4. The third-order valence-corrected chi connectivity index (χ3v) is 6.55. The number of amides is 2. The fraction of sp³-hybridized carbons (Fsp3) is 0.667. The monoisotopic (exact) mass is 387 g/mol. The predicted molar refractivity (Wildman–Crippen MR) is 104 cm³/mol. The molecule has 28 heavy (non-hydrogen) atoms. The van der Waals surface area contributed by atoms with Crippen LogP contribution < -0.4 is 10.7 Å². The molecule has 2 amide bonds. The number of carbonyl (C=O) groups is 2. The van der Waals surface area contributed by atoms with Gasteiger partial charge in [-0.3, -0.25) is 14.4 Å². The summed E-state index contributed by atoms with van der Waals surface area (Å²) in [6.45, 7) is 2.05. The Balaban J connectivity index is 1.42. The zero-order valence-corrected chi connectivity index (χ0v) is 16.3. The molecule has 0 unspecified atom stereocenters. The van der Waals surface area contributed by atoms with E-state index in [2.05, 4.69) is 5.32 Å². The van der Waals surface area contributed by atoms with Gasteiger partial charge in [0.2, 0.25) is 11.8 Å². The summed E-state index contributed by atoms with van der Waals surface area (Å²) in [7, 11) is 0. The van der Waals surface area contributed by atoms with E-state index in [-0.39, 0.29) is 35.7 Å². The first-order valence-electron chi connectivity index (χ1n) is 10.4. The minimum atomic E-state index is -0.620. The first-order chi connectivity index (χ1) is 13.6. The highest BCUT2D eigenvalue weighted by atomic mass is 16.5. The molecule has 0 bridgehead atoms. The van der Waals surface area contributed by atoms with E-state index < -0.39 is 5.41 Å². The lowest BCUT2D eigenvalue weighted by Gasteiger charge is -2.28. The van der Waals surface area contributed by atoms with Crippen LogP contribution in [0.1, 0.15) is 38.5 Å². The number of pyridine rings is 1. The minimum Gasteiger partial charge on any atom is -0.380 e. The van der Waals surface area contributed by atoms with Gasteiger partial charge in [0.15, 0.2) is 5.43 Å². The van der Waals surface area contributed by atoms with E-state index in [0.29, 0.717) is 26.3 Å². The zero-order valence-electron chi connectivity index (χ0n) is 16.3. The highest BCUT2D eigenvalue weighted by molar-refractivity contribution is 5.86. The van der Waals surface area contributed by atoms with Crippen LogP contribution in [-0.4, -0.2) is 53.6 Å². The highest BCUT2D eigenvalue weighted by Crippen LogP contribution is 2.42. The molecule has 3 heterocycles. The van der Waals surface area contributed by atoms with E-state index in [1.165, 1.54) is 37.8 Å². The van der Waals surface area contributed by atoms with Crippen molar-refractivity contribution in [3.05, 3.63) is 34.7 Å². The topological polar surface area (TPSA) is 80.6 Å². The zero-order chi connectivity index (χ0) is 19.6. The molecule has 1 aromatic heterocycles. The van der Waals surface area contributed by atoms with Crippen LogP contribution in [0.2, 0.25) is 0 Å². The van der Waals surface area contributed by atoms with Crippen molar-refractivity contribution < 1.29 is 14.3 Å². The Labute approximate surface area is 165 Å². The Bertz CT molecular complexity index is 764. The van der Waals surface area contributed by atoms with Crippen LogP contribution in [0.15, 0.2) is 29.3 Å². The molecule has 2 atom stereocenters. The first kappa shape index (κ1) is 19.2. The standard InChI is InChI=1S/C21H29N3O4/c25-18-7-9-23(10-8-18)12-19(26)24-11-16-13-28-15-21(16,14-24)20(27)22-17-5-3-1-2-4-6-17/h7-10,16-17H,1-6,11-15H2,(H,22,27)/t16-,21-/m1/s1. The Hall–Kier alpha value is -2.15. The summed E-state index contributed by atoms with van der Waals surface area (Å²) >= 11 is 0. The molecule has 1 saturated carbocycles. The van der Waals surface area contributed by atoms with Crippen LogP contribution in [-0.2, 0) is 20.9 Å². The summed E-state index contributed by atoms with van der Waals surface area (Å²) in [6.07, 6.45) is 10.2. The molecule has 0 spiro atoms. The second kappa shape index (κ2) is 8.07. The maximum atomic E-state index is 13.2. The number of hydrogen-bond donors (Lipinski definition) is 1. The largest absolute Gasteiger partial charge is 0.380 e. The van der Waals surface area contributed by atoms with Crippen molar-refractivity contribution in [1.82, 2.24) is 14.8 Å². The van der Waals surface area contributed by atoms with E-state index in [0.717, 1.165) is 12.8 Å². The normalized spacial score (nSPS) is 28.0. The van der Waals surface area contributed by atoms with Crippen molar-refractivity contribution in [2.24, 2.45) is 11.3 Å². The second-order valence-electron chi connectivity index (χ2n) is 8.51. The third-order valence-electron chi connectivity index (χ3n) is 6.55. The summed E-state index contributed by atoms with van der Waals surface area (Å²) in [6, 6.07) is 3.14. The number of aromatic nitrogens is 1. The number of ether oxygens (including phenoxy) is 1. The van der Waals surface area contributed by atoms with Gasteiger partial charge in [-0.15, -0.1) is 0 Å². The van der Waals surface area contributed by atoms with Crippen LogP contribution in [0.3, 0.4) is 0 Å². The molecule has 152 valence electrons. The maximum absolute atomic E-state index is 13.2. The summed E-state index contributed by atoms with van der Waals surface area (Å²) in [5.41, 5.74) is -0.698. The predicted octanol–water partition coefficient (Wildman–Crippen LogP) is 1.16. The molecule has 0 radical (unpaired) electrons. The summed E-state index contributed by atoms with van der Waals surface area (Å²) < 4.78 is 7.37. The molecule has 0 aromatic carbocycles. The SMILES string of the molecule is O=C(Cn1ccc(=O)cc1)N1C[C@@H]2COC[C@]2(C(=O)NC2CCCCCC2)C1. The lowest BCUT2D eigenvalue weighted by Crippen LogP contribution is -2.50. The number of likely N-dealkylation sites (tertiary alicyclic amines) is 1. The van der Waals surface area contributed by atoms with E-state index in [1.54, 1.807) is 21.9 Å². The maximum Gasteiger partial charge on any atom is 0.242 e. The Morgan fingerprint density at radius 3 is 2.57 bits per heavy atom. The fourth-order valence-corrected chi connectivity index (χ4v) is 4.80. The van der Waals surface area contributed by atoms with Gasteiger partial charge in [0.05, 0.1) is 18.6 Å². The van der Waals surface area contributed by atoms with E-state index in [4.69, 9.17) is 4.74 Å². The average molecular weight is 387 g/mol. The van der Waals surface area contributed by atoms with Gasteiger partial charge in [-0.05, 0) is 12.8 Å². The quantitative estimate of drug-likeness (QED) is 0.787. The van der Waals surface area contributed by atoms with Gasteiger partial charge < -0.3 is 19.5 Å². The van der Waals surface area contributed by atoms with Crippen LogP contribution in [0.25, 0.3) is 0 Å². The second-order valence-corrected chi connectivity index (χ2v) is 8.51. The molecule has 4 rings (SSSR count). The third kappa shape index (κ3) is 3.85. The van der Waals surface area contributed by atoms with Gasteiger partial charge >= 0.3 is 0 Å². The summed E-state index contributed by atoms with van der Waals surface area (Å²) in [4.78, 5) is 39.0. The van der Waals surface area contributed by atoms with E-state index in [9.17, 15) is 14.4 Å². The average Bonchev–Trinajstić information content (AvgIpc) is 3.14. The molecule has 2 aliphatic heterocycles. The Morgan fingerprint density at radius 1 is 1.14 bits per heavy atom. The number of nitrogens with one attached hydrogen (secondary N) is 1. The Kier molecular flexibility index (Phi) is 5.53. The fourth-order valence-electron chi connectivity index (χ4n) is 4.80. The molecule has 7 nitrogen and oxygen atoms in total. The Morgan fingerprint density at radius 2 is 1.86 bits per heavy atom. The number of fused-ring (bicyclic) bond motifs is 1. The van der Waals surface area contributed by atoms with Gasteiger partial charge in [-0.2, -0.15) is 0 Å². The molecule has 1 aromatic rings. The lowest BCUT2D eigenvalue weighted by atomic mass is 9.80. The van der Waals surface area contributed by atoms with Crippen molar-refractivity contribution in [1.29, 1.82) is 0 Å². The molecule has 3 aliphatic rings. The van der Waals surface area contributed by atoms with Gasteiger partial charge in [0, 0.05) is 49.6 Å². The van der Waals surface area contributed by atoms with Gasteiger partial charge in [-0.25, -0.2) is 0 Å². The van der Waals surface area contributed by atoms with Crippen molar-refractivity contribution in [2.75, 3.05) is 26.3 Å². The van der Waals surface area contributed by atoms with Crippen LogP contribution in [0, 0.1) is 11.3 Å².